The molecule has 0 radical (unpaired) electrons. The summed E-state index contributed by atoms with van der Waals surface area (Å²) in [6.07, 6.45) is 1.08. The molecule has 0 spiro atoms. The molecule has 0 aromatic rings. The van der Waals surface area contributed by atoms with Crippen LogP contribution in [0.5, 0.6) is 0 Å². The van der Waals surface area contributed by atoms with Crippen molar-refractivity contribution in [3.05, 3.63) is 12.2 Å². The SMILES string of the molecule is C=C(C)CN(CC)C(=O)CNC1(C)CCNC1. The average Bonchev–Trinajstić information content (AvgIpc) is 2.70. The van der Waals surface area contributed by atoms with Crippen molar-refractivity contribution in [1.82, 2.24) is 15.5 Å². The minimum Gasteiger partial charge on any atom is -0.338 e. The van der Waals surface area contributed by atoms with Gasteiger partial charge in [0.1, 0.15) is 0 Å². The first-order valence-corrected chi connectivity index (χ1v) is 6.35. The second-order valence-corrected chi connectivity index (χ2v) is 5.21. The van der Waals surface area contributed by atoms with Crippen LogP contribution in [0, 0.1) is 0 Å². The van der Waals surface area contributed by atoms with Gasteiger partial charge in [0.25, 0.3) is 0 Å². The largest absolute Gasteiger partial charge is 0.338 e. The monoisotopic (exact) mass is 239 g/mol. The third-order valence-corrected chi connectivity index (χ3v) is 3.23. The number of carbonyl (C=O) groups excluding carboxylic acids is 1. The van der Waals surface area contributed by atoms with Gasteiger partial charge in [0.15, 0.2) is 0 Å². The lowest BCUT2D eigenvalue weighted by Crippen LogP contribution is -2.49. The molecule has 0 aromatic carbocycles. The first-order valence-electron chi connectivity index (χ1n) is 6.35. The van der Waals surface area contributed by atoms with Gasteiger partial charge in [0.2, 0.25) is 5.91 Å². The first-order chi connectivity index (χ1) is 7.97. The number of amides is 1. The Morgan fingerprint density at radius 2 is 2.29 bits per heavy atom. The van der Waals surface area contributed by atoms with Crippen LogP contribution in [0.15, 0.2) is 12.2 Å². The van der Waals surface area contributed by atoms with E-state index in [0.717, 1.165) is 31.6 Å². The molecule has 4 nitrogen and oxygen atoms in total. The summed E-state index contributed by atoms with van der Waals surface area (Å²) in [5.41, 5.74) is 1.09. The van der Waals surface area contributed by atoms with Gasteiger partial charge in [0, 0.05) is 25.2 Å². The van der Waals surface area contributed by atoms with Crippen molar-refractivity contribution in [3.63, 3.8) is 0 Å². The van der Waals surface area contributed by atoms with Crippen LogP contribution in [0.4, 0.5) is 0 Å². The highest BCUT2D eigenvalue weighted by atomic mass is 16.2. The lowest BCUT2D eigenvalue weighted by atomic mass is 10.0. The number of nitrogens with one attached hydrogen (secondary N) is 2. The van der Waals surface area contributed by atoms with Gasteiger partial charge in [0.05, 0.1) is 6.54 Å². The summed E-state index contributed by atoms with van der Waals surface area (Å²) in [6, 6.07) is 0. The van der Waals surface area contributed by atoms with Gasteiger partial charge < -0.3 is 15.5 Å². The molecular weight excluding hydrogens is 214 g/mol. The number of hydrogen-bond donors (Lipinski definition) is 2. The zero-order valence-electron chi connectivity index (χ0n) is 11.3. The van der Waals surface area contributed by atoms with E-state index in [1.54, 1.807) is 0 Å². The first kappa shape index (κ1) is 14.2. The van der Waals surface area contributed by atoms with Crippen LogP contribution in [0.25, 0.3) is 0 Å². The van der Waals surface area contributed by atoms with Crippen molar-refractivity contribution in [2.45, 2.75) is 32.7 Å². The molecule has 0 aliphatic carbocycles. The van der Waals surface area contributed by atoms with Crippen LogP contribution in [0.2, 0.25) is 0 Å². The minimum absolute atomic E-state index is 0.0678. The standard InChI is InChI=1S/C13H25N3O/c1-5-16(9-11(2)3)12(17)8-15-13(4)6-7-14-10-13/h14-15H,2,5-10H2,1,3-4H3. The van der Waals surface area contributed by atoms with Gasteiger partial charge in [-0.15, -0.1) is 0 Å². The highest BCUT2D eigenvalue weighted by molar-refractivity contribution is 5.78. The fraction of sp³-hybridized carbons (Fsp3) is 0.769. The quantitative estimate of drug-likeness (QED) is 0.672. The number of nitrogens with zero attached hydrogens (tertiary/aromatic N) is 1. The molecule has 1 amide bonds. The predicted molar refractivity (Wildman–Crippen MR) is 71.0 cm³/mol. The van der Waals surface area contributed by atoms with E-state index in [1.807, 2.05) is 18.7 Å². The van der Waals surface area contributed by atoms with Gasteiger partial charge in [-0.3, -0.25) is 4.79 Å². The maximum absolute atomic E-state index is 12.0. The van der Waals surface area contributed by atoms with Crippen LogP contribution in [-0.2, 0) is 4.79 Å². The summed E-state index contributed by atoms with van der Waals surface area (Å²) in [4.78, 5) is 13.8. The molecule has 1 atom stereocenters. The van der Waals surface area contributed by atoms with E-state index in [0.29, 0.717) is 13.1 Å². The summed E-state index contributed by atoms with van der Waals surface area (Å²) in [5, 5.41) is 6.67. The molecule has 0 saturated carbocycles. The molecule has 1 saturated heterocycles. The van der Waals surface area contributed by atoms with Crippen LogP contribution in [0.1, 0.15) is 27.2 Å². The van der Waals surface area contributed by atoms with Crippen molar-refractivity contribution in [1.29, 1.82) is 0 Å². The number of carbonyl (C=O) groups is 1. The number of likely N-dealkylation sites (N-methyl/N-ethyl adjacent to an activating group) is 1. The van der Waals surface area contributed by atoms with E-state index < -0.39 is 0 Å². The van der Waals surface area contributed by atoms with Gasteiger partial charge in [-0.2, -0.15) is 0 Å². The third kappa shape index (κ3) is 4.48. The second kappa shape index (κ2) is 6.17. The molecule has 98 valence electrons. The Morgan fingerprint density at radius 1 is 1.59 bits per heavy atom. The van der Waals surface area contributed by atoms with Gasteiger partial charge in [-0.25, -0.2) is 0 Å². The van der Waals surface area contributed by atoms with E-state index in [-0.39, 0.29) is 11.4 Å². The average molecular weight is 239 g/mol. The minimum atomic E-state index is 0.0678. The topological polar surface area (TPSA) is 44.4 Å². The summed E-state index contributed by atoms with van der Waals surface area (Å²) >= 11 is 0. The van der Waals surface area contributed by atoms with E-state index in [4.69, 9.17) is 0 Å². The third-order valence-electron chi connectivity index (χ3n) is 3.23. The zero-order chi connectivity index (χ0) is 12.9. The molecule has 0 bridgehead atoms. The molecule has 2 N–H and O–H groups in total. The zero-order valence-corrected chi connectivity index (χ0v) is 11.3. The van der Waals surface area contributed by atoms with Crippen molar-refractivity contribution >= 4 is 5.91 Å². The van der Waals surface area contributed by atoms with E-state index >= 15 is 0 Å². The fourth-order valence-corrected chi connectivity index (χ4v) is 2.07. The maximum Gasteiger partial charge on any atom is 0.236 e. The number of rotatable bonds is 6. The highest BCUT2D eigenvalue weighted by Crippen LogP contribution is 2.12. The van der Waals surface area contributed by atoms with E-state index in [2.05, 4.69) is 24.1 Å². The van der Waals surface area contributed by atoms with Crippen LogP contribution in [0.3, 0.4) is 0 Å². The smallest absolute Gasteiger partial charge is 0.236 e. The Morgan fingerprint density at radius 3 is 2.76 bits per heavy atom. The molecule has 1 unspecified atom stereocenters. The van der Waals surface area contributed by atoms with Gasteiger partial charge in [-0.1, -0.05) is 12.2 Å². The van der Waals surface area contributed by atoms with Crippen molar-refractivity contribution in [3.8, 4) is 0 Å². The molecule has 1 heterocycles. The normalized spacial score (nSPS) is 23.7. The fourth-order valence-electron chi connectivity index (χ4n) is 2.07. The molecule has 4 heteroatoms. The lowest BCUT2D eigenvalue weighted by Gasteiger charge is -2.27. The van der Waals surface area contributed by atoms with Crippen molar-refractivity contribution in [2.24, 2.45) is 0 Å². The van der Waals surface area contributed by atoms with Crippen LogP contribution in [-0.4, -0.2) is 49.1 Å². The Kier molecular flexibility index (Phi) is 5.15. The molecular formula is C13H25N3O. The lowest BCUT2D eigenvalue weighted by molar-refractivity contribution is -0.130. The highest BCUT2D eigenvalue weighted by Gasteiger charge is 2.28. The Labute approximate surface area is 104 Å². The van der Waals surface area contributed by atoms with Crippen LogP contribution >= 0.6 is 0 Å². The molecule has 17 heavy (non-hydrogen) atoms. The predicted octanol–water partition coefficient (Wildman–Crippen LogP) is 0.753. The Balaban J connectivity index is 2.39. The molecule has 1 rings (SSSR count). The summed E-state index contributed by atoms with van der Waals surface area (Å²) in [7, 11) is 0. The van der Waals surface area contributed by atoms with Crippen LogP contribution < -0.4 is 10.6 Å². The Bertz CT molecular complexity index is 282. The second-order valence-electron chi connectivity index (χ2n) is 5.21. The maximum atomic E-state index is 12.0. The van der Waals surface area contributed by atoms with Gasteiger partial charge in [-0.05, 0) is 33.7 Å². The molecule has 1 aliphatic heterocycles. The molecule has 1 fully saturated rings. The summed E-state index contributed by atoms with van der Waals surface area (Å²) in [5.74, 6) is 0.156. The molecule has 1 aliphatic rings. The summed E-state index contributed by atoms with van der Waals surface area (Å²) < 4.78 is 0. The van der Waals surface area contributed by atoms with E-state index in [9.17, 15) is 4.79 Å². The van der Waals surface area contributed by atoms with Crippen molar-refractivity contribution in [2.75, 3.05) is 32.7 Å². The Hall–Kier alpha value is -0.870. The number of hydrogen-bond acceptors (Lipinski definition) is 3. The van der Waals surface area contributed by atoms with Crippen molar-refractivity contribution < 1.29 is 4.79 Å². The summed E-state index contributed by atoms with van der Waals surface area (Å²) in [6.45, 7) is 13.7. The van der Waals surface area contributed by atoms with Gasteiger partial charge >= 0.3 is 0 Å². The van der Waals surface area contributed by atoms with E-state index in [1.165, 1.54) is 0 Å². The molecule has 0 aromatic heterocycles.